The molecule has 122 valence electrons. The number of rotatable bonds is 4. The van der Waals surface area contributed by atoms with Crippen LogP contribution in [0.5, 0.6) is 0 Å². The zero-order valence-corrected chi connectivity index (χ0v) is 13.6. The number of likely N-dealkylation sites (tertiary alicyclic amines) is 1. The van der Waals surface area contributed by atoms with Gasteiger partial charge in [0, 0.05) is 26.2 Å². The number of hydrogen-bond donors (Lipinski definition) is 1. The highest BCUT2D eigenvalue weighted by molar-refractivity contribution is 5.83. The van der Waals surface area contributed by atoms with Gasteiger partial charge in [-0.25, -0.2) is 4.79 Å². The van der Waals surface area contributed by atoms with Crippen LogP contribution in [0, 0.1) is 0 Å². The molecule has 2 aromatic carbocycles. The molecular formula is C19H24N2O2. The van der Waals surface area contributed by atoms with E-state index < -0.39 is 0 Å². The minimum Gasteiger partial charge on any atom is -0.378 e. The number of benzene rings is 2. The fourth-order valence-electron chi connectivity index (χ4n) is 3.10. The van der Waals surface area contributed by atoms with Crippen LogP contribution in [0.25, 0.3) is 10.8 Å². The maximum atomic E-state index is 12.3. The molecule has 0 saturated carbocycles. The lowest BCUT2D eigenvalue weighted by Gasteiger charge is -2.31. The average molecular weight is 312 g/mol. The van der Waals surface area contributed by atoms with Crippen LogP contribution in [0.3, 0.4) is 0 Å². The monoisotopic (exact) mass is 312 g/mol. The largest absolute Gasteiger partial charge is 0.378 e. The second-order valence-electron chi connectivity index (χ2n) is 5.98. The summed E-state index contributed by atoms with van der Waals surface area (Å²) in [4.78, 5) is 14.2. The van der Waals surface area contributed by atoms with Crippen LogP contribution in [0.4, 0.5) is 4.79 Å². The first-order valence-electron chi connectivity index (χ1n) is 8.38. The summed E-state index contributed by atoms with van der Waals surface area (Å²) in [7, 11) is 0. The second-order valence-corrected chi connectivity index (χ2v) is 5.98. The molecule has 1 aliphatic rings. The van der Waals surface area contributed by atoms with Crippen molar-refractivity contribution in [1.29, 1.82) is 0 Å². The molecule has 23 heavy (non-hydrogen) atoms. The first-order chi connectivity index (χ1) is 11.3. The molecule has 1 saturated heterocycles. The average Bonchev–Trinajstić information content (AvgIpc) is 2.60. The summed E-state index contributed by atoms with van der Waals surface area (Å²) in [6.45, 7) is 4.87. The summed E-state index contributed by atoms with van der Waals surface area (Å²) >= 11 is 0. The Balaban J connectivity index is 1.52. The molecular weight excluding hydrogens is 288 g/mol. The van der Waals surface area contributed by atoms with Gasteiger partial charge in [0.05, 0.1) is 6.10 Å². The number of nitrogens with zero attached hydrogens (tertiary/aromatic N) is 1. The molecule has 0 radical (unpaired) electrons. The lowest BCUT2D eigenvalue weighted by Crippen LogP contribution is -2.45. The van der Waals surface area contributed by atoms with Gasteiger partial charge in [-0.15, -0.1) is 0 Å². The van der Waals surface area contributed by atoms with Gasteiger partial charge in [-0.05, 0) is 42.2 Å². The van der Waals surface area contributed by atoms with Crippen LogP contribution in [-0.4, -0.2) is 36.7 Å². The quantitative estimate of drug-likeness (QED) is 0.938. The molecule has 3 rings (SSSR count). The Labute approximate surface area is 137 Å². The van der Waals surface area contributed by atoms with Crippen molar-refractivity contribution in [2.45, 2.75) is 32.4 Å². The second kappa shape index (κ2) is 7.47. The third-order valence-corrected chi connectivity index (χ3v) is 4.39. The first-order valence-corrected chi connectivity index (χ1v) is 8.38. The van der Waals surface area contributed by atoms with Crippen LogP contribution in [0.2, 0.25) is 0 Å². The normalized spacial score (nSPS) is 15.8. The maximum absolute atomic E-state index is 12.3. The molecule has 2 amide bonds. The molecule has 4 heteroatoms. The first kappa shape index (κ1) is 15.8. The van der Waals surface area contributed by atoms with Gasteiger partial charge in [0.1, 0.15) is 0 Å². The maximum Gasteiger partial charge on any atom is 0.317 e. The number of fused-ring (bicyclic) bond motifs is 1. The number of nitrogens with one attached hydrogen (secondary N) is 1. The minimum atomic E-state index is 0.0214. The van der Waals surface area contributed by atoms with Crippen molar-refractivity contribution >= 4 is 16.8 Å². The minimum absolute atomic E-state index is 0.0214. The van der Waals surface area contributed by atoms with Crippen LogP contribution >= 0.6 is 0 Å². The Morgan fingerprint density at radius 2 is 1.91 bits per heavy atom. The molecule has 4 nitrogen and oxygen atoms in total. The predicted octanol–water partition coefficient (Wildman–Crippen LogP) is 3.55. The SMILES string of the molecule is CCOC1CCN(C(=O)NCc2ccc3ccccc3c2)CC1. The van der Waals surface area contributed by atoms with Gasteiger partial charge in [0.15, 0.2) is 0 Å². The molecule has 0 spiro atoms. The van der Waals surface area contributed by atoms with Crippen molar-refractivity contribution in [3.05, 3.63) is 48.0 Å². The van der Waals surface area contributed by atoms with Gasteiger partial charge in [-0.3, -0.25) is 0 Å². The molecule has 0 bridgehead atoms. The third kappa shape index (κ3) is 4.02. The van der Waals surface area contributed by atoms with Crippen LogP contribution in [0.15, 0.2) is 42.5 Å². The van der Waals surface area contributed by atoms with Gasteiger partial charge >= 0.3 is 6.03 Å². The lowest BCUT2D eigenvalue weighted by atomic mass is 10.1. The summed E-state index contributed by atoms with van der Waals surface area (Å²) in [5.41, 5.74) is 1.13. The van der Waals surface area contributed by atoms with E-state index in [0.29, 0.717) is 12.6 Å². The number of hydrogen-bond acceptors (Lipinski definition) is 2. The molecule has 0 atom stereocenters. The standard InChI is InChI=1S/C19H24N2O2/c1-2-23-18-9-11-21(12-10-18)19(22)20-14-15-7-8-16-5-3-4-6-17(16)13-15/h3-8,13,18H,2,9-12,14H2,1H3,(H,20,22). The number of piperidine rings is 1. The summed E-state index contributed by atoms with van der Waals surface area (Å²) in [6, 6.07) is 14.6. The Bertz CT molecular complexity index is 663. The van der Waals surface area contributed by atoms with Gasteiger partial charge in [0.2, 0.25) is 0 Å². The van der Waals surface area contributed by atoms with Crippen LogP contribution in [-0.2, 0) is 11.3 Å². The van der Waals surface area contributed by atoms with Gasteiger partial charge < -0.3 is 15.0 Å². The summed E-state index contributed by atoms with van der Waals surface area (Å²) in [5, 5.41) is 5.45. The summed E-state index contributed by atoms with van der Waals surface area (Å²) in [5.74, 6) is 0. The number of amides is 2. The van der Waals surface area contributed by atoms with Crippen molar-refractivity contribution in [2.75, 3.05) is 19.7 Å². The molecule has 1 heterocycles. The van der Waals surface area contributed by atoms with E-state index in [1.807, 2.05) is 24.0 Å². The molecule has 0 aliphatic carbocycles. The van der Waals surface area contributed by atoms with Gasteiger partial charge in [0.25, 0.3) is 0 Å². The van der Waals surface area contributed by atoms with Crippen molar-refractivity contribution in [1.82, 2.24) is 10.2 Å². The van der Waals surface area contributed by atoms with Gasteiger partial charge in [-0.2, -0.15) is 0 Å². The van der Waals surface area contributed by atoms with E-state index in [9.17, 15) is 4.79 Å². The van der Waals surface area contributed by atoms with Crippen molar-refractivity contribution < 1.29 is 9.53 Å². The number of urea groups is 1. The smallest absolute Gasteiger partial charge is 0.317 e. The highest BCUT2D eigenvalue weighted by Gasteiger charge is 2.22. The number of carbonyl (C=O) groups is 1. The fraction of sp³-hybridized carbons (Fsp3) is 0.421. The van der Waals surface area contributed by atoms with Crippen molar-refractivity contribution in [3.8, 4) is 0 Å². The van der Waals surface area contributed by atoms with E-state index in [1.165, 1.54) is 10.8 Å². The van der Waals surface area contributed by atoms with Crippen molar-refractivity contribution in [2.24, 2.45) is 0 Å². The van der Waals surface area contributed by atoms with Crippen LogP contribution in [0.1, 0.15) is 25.3 Å². The number of carbonyl (C=O) groups excluding carboxylic acids is 1. The highest BCUT2D eigenvalue weighted by Crippen LogP contribution is 2.16. The lowest BCUT2D eigenvalue weighted by molar-refractivity contribution is 0.0220. The molecule has 2 aromatic rings. The van der Waals surface area contributed by atoms with Crippen LogP contribution < -0.4 is 5.32 Å². The molecule has 1 N–H and O–H groups in total. The highest BCUT2D eigenvalue weighted by atomic mass is 16.5. The fourth-order valence-corrected chi connectivity index (χ4v) is 3.10. The van der Waals surface area contributed by atoms with E-state index in [1.54, 1.807) is 0 Å². The van der Waals surface area contributed by atoms with E-state index >= 15 is 0 Å². The topological polar surface area (TPSA) is 41.6 Å². The molecule has 0 aromatic heterocycles. The molecule has 0 unspecified atom stereocenters. The van der Waals surface area contributed by atoms with E-state index in [2.05, 4.69) is 35.6 Å². The zero-order chi connectivity index (χ0) is 16.1. The van der Waals surface area contributed by atoms with Gasteiger partial charge in [-0.1, -0.05) is 36.4 Å². The zero-order valence-electron chi connectivity index (χ0n) is 13.6. The Morgan fingerprint density at radius 3 is 2.65 bits per heavy atom. The Morgan fingerprint density at radius 1 is 1.17 bits per heavy atom. The van der Waals surface area contributed by atoms with E-state index in [4.69, 9.17) is 4.74 Å². The number of ether oxygens (including phenoxy) is 1. The van der Waals surface area contributed by atoms with E-state index in [-0.39, 0.29) is 6.03 Å². The molecule has 1 aliphatic heterocycles. The summed E-state index contributed by atoms with van der Waals surface area (Å²) in [6.07, 6.45) is 2.17. The summed E-state index contributed by atoms with van der Waals surface area (Å²) < 4.78 is 5.62. The third-order valence-electron chi connectivity index (χ3n) is 4.39. The van der Waals surface area contributed by atoms with Crippen molar-refractivity contribution in [3.63, 3.8) is 0 Å². The Hall–Kier alpha value is -2.07. The van der Waals surface area contributed by atoms with E-state index in [0.717, 1.165) is 38.1 Å². The molecule has 1 fully saturated rings. The Kier molecular flexibility index (Phi) is 5.13. The predicted molar refractivity (Wildman–Crippen MR) is 92.4 cm³/mol.